The van der Waals surface area contributed by atoms with E-state index in [0.717, 1.165) is 0 Å². The monoisotopic (exact) mass is 310 g/mol. The Morgan fingerprint density at radius 2 is 1.85 bits per heavy atom. The van der Waals surface area contributed by atoms with E-state index in [-0.39, 0.29) is 16.5 Å². The number of nitrogens with one attached hydrogen (secondary N) is 1. The van der Waals surface area contributed by atoms with E-state index < -0.39 is 11.9 Å². The number of benzene rings is 1. The Morgan fingerprint density at radius 1 is 1.10 bits per heavy atom. The summed E-state index contributed by atoms with van der Waals surface area (Å²) in [4.78, 5) is 26.5. The molecule has 0 saturated heterocycles. The van der Waals surface area contributed by atoms with Gasteiger partial charge in [-0.15, -0.1) is 0 Å². The fraction of sp³-hybridized carbons (Fsp3) is 0. The van der Waals surface area contributed by atoms with Crippen molar-refractivity contribution in [1.82, 2.24) is 4.98 Å². The zero-order chi connectivity index (χ0) is 14.7. The van der Waals surface area contributed by atoms with Crippen LogP contribution in [0.2, 0.25) is 10.0 Å². The number of aromatic nitrogens is 1. The Labute approximate surface area is 124 Å². The first-order valence-corrected chi connectivity index (χ1v) is 6.20. The smallest absolute Gasteiger partial charge is 0.354 e. The molecule has 102 valence electrons. The molecule has 0 spiro atoms. The number of hydrogen-bond acceptors (Lipinski definition) is 3. The second-order valence-electron chi connectivity index (χ2n) is 3.80. The van der Waals surface area contributed by atoms with Gasteiger partial charge in [-0.3, -0.25) is 4.79 Å². The SMILES string of the molecule is O=C(Nc1cccc(C(=O)O)n1)c1ccc(Cl)c(Cl)c1. The van der Waals surface area contributed by atoms with E-state index in [1.54, 1.807) is 0 Å². The molecule has 1 aromatic heterocycles. The van der Waals surface area contributed by atoms with Crippen LogP contribution in [0.4, 0.5) is 5.82 Å². The van der Waals surface area contributed by atoms with Crippen LogP contribution in [0, 0.1) is 0 Å². The molecule has 0 aliphatic carbocycles. The molecule has 20 heavy (non-hydrogen) atoms. The summed E-state index contributed by atoms with van der Waals surface area (Å²) < 4.78 is 0. The molecular formula is C13H8Cl2N2O3. The minimum atomic E-state index is -1.17. The van der Waals surface area contributed by atoms with Gasteiger partial charge in [0.05, 0.1) is 10.0 Å². The molecule has 7 heteroatoms. The minimum absolute atomic E-state index is 0.140. The highest BCUT2D eigenvalue weighted by atomic mass is 35.5. The molecule has 2 aromatic rings. The van der Waals surface area contributed by atoms with E-state index in [1.807, 2.05) is 0 Å². The maximum atomic E-state index is 12.0. The van der Waals surface area contributed by atoms with Crippen LogP contribution in [0.5, 0.6) is 0 Å². The first kappa shape index (κ1) is 14.3. The van der Waals surface area contributed by atoms with Gasteiger partial charge in [0.1, 0.15) is 5.82 Å². The van der Waals surface area contributed by atoms with Gasteiger partial charge in [-0.1, -0.05) is 29.3 Å². The van der Waals surface area contributed by atoms with Gasteiger partial charge >= 0.3 is 5.97 Å². The van der Waals surface area contributed by atoms with Gasteiger partial charge in [-0.25, -0.2) is 9.78 Å². The fourth-order valence-electron chi connectivity index (χ4n) is 1.45. The molecule has 0 unspecified atom stereocenters. The van der Waals surface area contributed by atoms with Crippen molar-refractivity contribution in [3.05, 3.63) is 57.7 Å². The molecule has 1 heterocycles. The lowest BCUT2D eigenvalue weighted by Crippen LogP contribution is -2.14. The topological polar surface area (TPSA) is 79.3 Å². The molecule has 0 atom stereocenters. The van der Waals surface area contributed by atoms with Crippen LogP contribution in [0.25, 0.3) is 0 Å². The summed E-state index contributed by atoms with van der Waals surface area (Å²) in [7, 11) is 0. The normalized spacial score (nSPS) is 10.1. The van der Waals surface area contributed by atoms with E-state index in [4.69, 9.17) is 28.3 Å². The van der Waals surface area contributed by atoms with Gasteiger partial charge in [-0.2, -0.15) is 0 Å². The van der Waals surface area contributed by atoms with Crippen LogP contribution in [-0.4, -0.2) is 22.0 Å². The molecule has 0 saturated carbocycles. The third kappa shape index (κ3) is 3.26. The number of carbonyl (C=O) groups is 2. The van der Waals surface area contributed by atoms with E-state index in [9.17, 15) is 9.59 Å². The number of rotatable bonds is 3. The molecule has 2 N–H and O–H groups in total. The Morgan fingerprint density at radius 3 is 2.50 bits per heavy atom. The van der Waals surface area contributed by atoms with Gasteiger partial charge < -0.3 is 10.4 Å². The summed E-state index contributed by atoms with van der Waals surface area (Å²) in [6.07, 6.45) is 0. The maximum Gasteiger partial charge on any atom is 0.354 e. The lowest BCUT2D eigenvalue weighted by atomic mass is 10.2. The van der Waals surface area contributed by atoms with Crippen molar-refractivity contribution in [3.63, 3.8) is 0 Å². The van der Waals surface area contributed by atoms with Crippen molar-refractivity contribution in [2.75, 3.05) is 5.32 Å². The zero-order valence-electron chi connectivity index (χ0n) is 9.93. The molecule has 5 nitrogen and oxygen atoms in total. The fourth-order valence-corrected chi connectivity index (χ4v) is 1.75. The molecule has 0 fully saturated rings. The van der Waals surface area contributed by atoms with Crippen molar-refractivity contribution in [2.45, 2.75) is 0 Å². The predicted octanol–water partition coefficient (Wildman–Crippen LogP) is 3.34. The molecule has 0 radical (unpaired) electrons. The van der Waals surface area contributed by atoms with Gasteiger partial charge in [0.25, 0.3) is 5.91 Å². The average Bonchev–Trinajstić information content (AvgIpc) is 2.42. The highest BCUT2D eigenvalue weighted by Crippen LogP contribution is 2.23. The summed E-state index contributed by atoms with van der Waals surface area (Å²) >= 11 is 11.6. The summed E-state index contributed by atoms with van der Waals surface area (Å²) in [6.45, 7) is 0. The van der Waals surface area contributed by atoms with Crippen molar-refractivity contribution in [2.24, 2.45) is 0 Å². The van der Waals surface area contributed by atoms with Crippen molar-refractivity contribution in [1.29, 1.82) is 0 Å². The Balaban J connectivity index is 2.21. The van der Waals surface area contributed by atoms with Crippen molar-refractivity contribution >= 4 is 40.9 Å². The number of carboxylic acid groups (broad SMARTS) is 1. The van der Waals surface area contributed by atoms with Crippen LogP contribution in [-0.2, 0) is 0 Å². The number of anilines is 1. The molecule has 1 aromatic carbocycles. The van der Waals surface area contributed by atoms with E-state index in [1.165, 1.54) is 36.4 Å². The summed E-state index contributed by atoms with van der Waals surface area (Å²) in [5, 5.41) is 11.9. The molecular weight excluding hydrogens is 303 g/mol. The predicted molar refractivity (Wildman–Crippen MR) is 75.6 cm³/mol. The lowest BCUT2D eigenvalue weighted by molar-refractivity contribution is 0.0690. The van der Waals surface area contributed by atoms with E-state index >= 15 is 0 Å². The van der Waals surface area contributed by atoms with Crippen molar-refractivity contribution < 1.29 is 14.7 Å². The maximum absolute atomic E-state index is 12.0. The highest BCUT2D eigenvalue weighted by molar-refractivity contribution is 6.42. The van der Waals surface area contributed by atoms with Crippen LogP contribution in [0.1, 0.15) is 20.8 Å². The number of carboxylic acids is 1. The standard InChI is InChI=1S/C13H8Cl2N2O3/c14-8-5-4-7(6-9(8)15)12(18)17-11-3-1-2-10(16-11)13(19)20/h1-6H,(H,19,20)(H,16,17,18). The summed E-state index contributed by atoms with van der Waals surface area (Å²) in [5.74, 6) is -1.49. The number of hydrogen-bond donors (Lipinski definition) is 2. The molecule has 0 aliphatic heterocycles. The Kier molecular flexibility index (Phi) is 4.22. The zero-order valence-corrected chi connectivity index (χ0v) is 11.4. The number of aromatic carboxylic acids is 1. The molecule has 0 bridgehead atoms. The van der Waals surface area contributed by atoms with E-state index in [2.05, 4.69) is 10.3 Å². The van der Waals surface area contributed by atoms with E-state index in [0.29, 0.717) is 10.6 Å². The lowest BCUT2D eigenvalue weighted by Gasteiger charge is -2.06. The molecule has 0 aliphatic rings. The van der Waals surface area contributed by atoms with Crippen LogP contribution >= 0.6 is 23.2 Å². The van der Waals surface area contributed by atoms with Crippen LogP contribution < -0.4 is 5.32 Å². The molecule has 1 amide bonds. The average molecular weight is 311 g/mol. The van der Waals surface area contributed by atoms with Crippen LogP contribution in [0.15, 0.2) is 36.4 Å². The Bertz CT molecular complexity index is 689. The third-order valence-electron chi connectivity index (χ3n) is 2.39. The Hall–Kier alpha value is -2.11. The van der Waals surface area contributed by atoms with Gasteiger partial charge in [0.2, 0.25) is 0 Å². The first-order valence-electron chi connectivity index (χ1n) is 5.44. The van der Waals surface area contributed by atoms with Gasteiger partial charge in [-0.05, 0) is 30.3 Å². The van der Waals surface area contributed by atoms with Gasteiger partial charge in [0, 0.05) is 5.56 Å². The number of carbonyl (C=O) groups excluding carboxylic acids is 1. The quantitative estimate of drug-likeness (QED) is 0.911. The number of pyridine rings is 1. The summed E-state index contributed by atoms with van der Waals surface area (Å²) in [5.41, 5.74) is 0.138. The summed E-state index contributed by atoms with van der Waals surface area (Å²) in [6, 6.07) is 8.73. The first-order chi connectivity index (χ1) is 9.47. The minimum Gasteiger partial charge on any atom is -0.477 e. The largest absolute Gasteiger partial charge is 0.477 e. The van der Waals surface area contributed by atoms with Crippen LogP contribution in [0.3, 0.4) is 0 Å². The number of nitrogens with zero attached hydrogens (tertiary/aromatic N) is 1. The third-order valence-corrected chi connectivity index (χ3v) is 3.13. The van der Waals surface area contributed by atoms with Crippen molar-refractivity contribution in [3.8, 4) is 0 Å². The second-order valence-corrected chi connectivity index (χ2v) is 4.61. The molecule has 2 rings (SSSR count). The highest BCUT2D eigenvalue weighted by Gasteiger charge is 2.11. The second kappa shape index (κ2) is 5.90. The number of amides is 1. The number of halogens is 2. The van der Waals surface area contributed by atoms with Gasteiger partial charge in [0.15, 0.2) is 5.69 Å².